The van der Waals surface area contributed by atoms with Crippen LogP contribution >= 0.6 is 66.3 Å². The van der Waals surface area contributed by atoms with Crippen molar-refractivity contribution in [3.63, 3.8) is 0 Å². The van der Waals surface area contributed by atoms with Crippen LogP contribution in [0.15, 0.2) is 31.8 Å². The molecular formula is C36H25Br2N3O2S3. The molecule has 0 saturated carbocycles. The Hall–Kier alpha value is -3.66. The Labute approximate surface area is 298 Å². The van der Waals surface area contributed by atoms with Gasteiger partial charge in [-0.3, -0.25) is 14.5 Å². The molecule has 10 heteroatoms. The molecule has 5 nitrogen and oxygen atoms in total. The Morgan fingerprint density at radius 2 is 1.26 bits per heavy atom. The lowest BCUT2D eigenvalue weighted by Gasteiger charge is -2.19. The Kier molecular flexibility index (Phi) is 11.9. The fraction of sp³-hybridized carbons (Fsp3) is 0.278. The first-order chi connectivity index (χ1) is 22.4. The third kappa shape index (κ3) is 7.65. The van der Waals surface area contributed by atoms with E-state index in [-0.39, 0.29) is 24.3 Å². The minimum absolute atomic E-state index is 0.157. The summed E-state index contributed by atoms with van der Waals surface area (Å²) >= 11 is 11.2. The monoisotopic (exact) mass is 785 g/mol. The van der Waals surface area contributed by atoms with Crippen molar-refractivity contribution in [3.8, 4) is 80.6 Å². The van der Waals surface area contributed by atoms with Crippen molar-refractivity contribution in [2.75, 3.05) is 6.54 Å². The van der Waals surface area contributed by atoms with Crippen molar-refractivity contribution in [2.45, 2.75) is 51.9 Å². The van der Waals surface area contributed by atoms with Gasteiger partial charge in [0.05, 0.1) is 30.4 Å². The van der Waals surface area contributed by atoms with Crippen LogP contribution < -0.4 is 0 Å². The quantitative estimate of drug-likeness (QED) is 0.0865. The van der Waals surface area contributed by atoms with Gasteiger partial charge in [-0.05, 0) is 110 Å². The lowest BCUT2D eigenvalue weighted by Crippen LogP contribution is -2.34. The highest BCUT2D eigenvalue weighted by Gasteiger charge is 2.43. The van der Waals surface area contributed by atoms with E-state index in [0.717, 1.165) is 54.7 Å². The normalized spacial score (nSPS) is 12.2. The number of carbonyl (C=O) groups excluding carboxylic acids is 2. The van der Waals surface area contributed by atoms with Gasteiger partial charge in [-0.2, -0.15) is 8.75 Å². The van der Waals surface area contributed by atoms with Crippen LogP contribution in [0.1, 0.15) is 72.6 Å². The van der Waals surface area contributed by atoms with E-state index in [1.54, 1.807) is 0 Å². The predicted octanol–water partition coefficient (Wildman–Crippen LogP) is 9.28. The Balaban J connectivity index is 1.53. The van der Waals surface area contributed by atoms with Crippen molar-refractivity contribution >= 4 is 89.1 Å². The largest absolute Gasteiger partial charge is 0.273 e. The number of nitrogens with zero attached hydrogens (tertiary/aromatic N) is 3. The van der Waals surface area contributed by atoms with Crippen LogP contribution in [-0.4, -0.2) is 32.0 Å². The van der Waals surface area contributed by atoms with Crippen LogP contribution in [0.4, 0.5) is 0 Å². The molecule has 3 aromatic heterocycles. The second-order valence-corrected chi connectivity index (χ2v) is 15.8. The van der Waals surface area contributed by atoms with Crippen LogP contribution in [0, 0.1) is 65.6 Å². The molecule has 5 rings (SSSR count). The lowest BCUT2D eigenvalue weighted by atomic mass is 9.93. The van der Waals surface area contributed by atoms with E-state index in [9.17, 15) is 9.59 Å². The standard InChI is InChI=1S/C36H25Br2N3O2S3/c1-3-5-7-9-11-12-14-16-18-24(17-15-13-10-8-6-4-2)23-41-35(42)31-29(25-19-21-27(37)44-25)33-34(40-46-39-33)30(32(31)36(41)43)26-20-22-28(38)45-26/h1,19-22,24H,4,6,8,10,13,15,17,23H2,2H3. The van der Waals surface area contributed by atoms with E-state index in [2.05, 4.69) is 101 Å². The summed E-state index contributed by atoms with van der Waals surface area (Å²) in [6, 6.07) is 7.75. The smallest absolute Gasteiger partial charge is 0.262 e. The maximum absolute atomic E-state index is 14.4. The first-order valence-corrected chi connectivity index (χ1v) is 18.6. The van der Waals surface area contributed by atoms with Gasteiger partial charge < -0.3 is 0 Å². The number of imide groups is 1. The highest BCUT2D eigenvalue weighted by molar-refractivity contribution is 9.11. The van der Waals surface area contributed by atoms with Gasteiger partial charge in [0, 0.05) is 33.3 Å². The number of carbonyl (C=O) groups is 2. The van der Waals surface area contributed by atoms with Gasteiger partial charge in [-0.1, -0.05) is 51.4 Å². The number of thiophene rings is 2. The number of unbranched alkanes of at least 4 members (excludes halogenated alkanes) is 5. The number of fused-ring (bicyclic) bond motifs is 2. The zero-order valence-corrected chi connectivity index (χ0v) is 30.4. The second kappa shape index (κ2) is 16.3. The number of rotatable bonds is 11. The van der Waals surface area contributed by atoms with Crippen LogP contribution in [0.3, 0.4) is 0 Å². The van der Waals surface area contributed by atoms with E-state index >= 15 is 0 Å². The molecule has 0 bridgehead atoms. The highest BCUT2D eigenvalue weighted by Crippen LogP contribution is 2.48. The number of benzene rings is 1. The minimum Gasteiger partial charge on any atom is -0.273 e. The third-order valence-corrected chi connectivity index (χ3v) is 11.1. The van der Waals surface area contributed by atoms with Gasteiger partial charge in [0.2, 0.25) is 0 Å². The molecule has 4 aromatic rings. The molecule has 0 saturated heterocycles. The van der Waals surface area contributed by atoms with E-state index < -0.39 is 0 Å². The van der Waals surface area contributed by atoms with Crippen LogP contribution in [0.5, 0.6) is 0 Å². The molecular weight excluding hydrogens is 762 g/mol. The van der Waals surface area contributed by atoms with Gasteiger partial charge in [-0.15, -0.1) is 29.1 Å². The number of terminal acetylenes is 1. The molecule has 0 spiro atoms. The van der Waals surface area contributed by atoms with E-state index in [1.807, 2.05) is 24.3 Å². The summed E-state index contributed by atoms with van der Waals surface area (Å²) < 4.78 is 11.1. The average Bonchev–Trinajstić information content (AvgIpc) is 3.85. The predicted molar refractivity (Wildman–Crippen MR) is 196 cm³/mol. The molecule has 1 aliphatic rings. The Morgan fingerprint density at radius 3 is 1.78 bits per heavy atom. The summed E-state index contributed by atoms with van der Waals surface area (Å²) in [5.41, 5.74) is 3.26. The number of amides is 2. The first-order valence-electron chi connectivity index (χ1n) is 14.6. The van der Waals surface area contributed by atoms with Gasteiger partial charge >= 0.3 is 0 Å². The van der Waals surface area contributed by atoms with E-state index in [4.69, 9.17) is 6.42 Å². The summed E-state index contributed by atoms with van der Waals surface area (Å²) in [6.45, 7) is 2.35. The average molecular weight is 788 g/mol. The van der Waals surface area contributed by atoms with E-state index in [0.29, 0.717) is 33.3 Å². The molecule has 0 fully saturated rings. The molecule has 0 aliphatic carbocycles. The molecule has 1 aliphatic heterocycles. The molecule has 1 aromatic carbocycles. The summed E-state index contributed by atoms with van der Waals surface area (Å²) in [5.74, 6) is 22.8. The van der Waals surface area contributed by atoms with Crippen molar-refractivity contribution in [1.29, 1.82) is 0 Å². The second-order valence-electron chi connectivity index (χ2n) is 10.3. The lowest BCUT2D eigenvalue weighted by molar-refractivity contribution is 0.0638. The molecule has 4 heterocycles. The van der Waals surface area contributed by atoms with Crippen LogP contribution in [-0.2, 0) is 0 Å². The Morgan fingerprint density at radius 1 is 0.739 bits per heavy atom. The molecule has 46 heavy (non-hydrogen) atoms. The third-order valence-electron chi connectivity index (χ3n) is 7.30. The summed E-state index contributed by atoms with van der Waals surface area (Å²) in [5, 5.41) is 0. The van der Waals surface area contributed by atoms with Gasteiger partial charge in [0.25, 0.3) is 11.8 Å². The maximum Gasteiger partial charge on any atom is 0.262 e. The van der Waals surface area contributed by atoms with Gasteiger partial charge in [0.1, 0.15) is 11.0 Å². The zero-order valence-electron chi connectivity index (χ0n) is 24.8. The summed E-state index contributed by atoms with van der Waals surface area (Å²) in [6.07, 6.45) is 12.6. The number of aromatic nitrogens is 2. The van der Waals surface area contributed by atoms with Crippen molar-refractivity contribution in [3.05, 3.63) is 43.0 Å². The molecule has 1 unspecified atom stereocenters. The van der Waals surface area contributed by atoms with Crippen molar-refractivity contribution < 1.29 is 9.59 Å². The summed E-state index contributed by atoms with van der Waals surface area (Å²) in [4.78, 5) is 31.8. The number of hydrogen-bond acceptors (Lipinski definition) is 7. The summed E-state index contributed by atoms with van der Waals surface area (Å²) in [7, 11) is 0. The van der Waals surface area contributed by atoms with Crippen molar-refractivity contribution in [1.82, 2.24) is 13.6 Å². The van der Waals surface area contributed by atoms with Gasteiger partial charge in [0.15, 0.2) is 0 Å². The first kappa shape index (κ1) is 33.7. The fourth-order valence-corrected chi connectivity index (χ4v) is 8.70. The highest BCUT2D eigenvalue weighted by atomic mass is 79.9. The van der Waals surface area contributed by atoms with Crippen LogP contribution in [0.2, 0.25) is 0 Å². The SMILES string of the molecule is C#CC#CC#CC#CC#CC(CCCCCCCC)CN1C(=O)c2c(c(-c3ccc(Br)s3)c3nsnc3c2-c2ccc(Br)s2)C1=O. The van der Waals surface area contributed by atoms with Gasteiger partial charge in [-0.25, -0.2) is 0 Å². The molecule has 228 valence electrons. The maximum atomic E-state index is 14.4. The molecule has 0 radical (unpaired) electrons. The van der Waals surface area contributed by atoms with E-state index in [1.165, 1.54) is 46.8 Å². The topological polar surface area (TPSA) is 63.2 Å². The Bertz CT molecular complexity index is 2010. The molecule has 1 atom stereocenters. The fourth-order valence-electron chi connectivity index (χ4n) is 5.27. The number of hydrogen-bond donors (Lipinski definition) is 0. The van der Waals surface area contributed by atoms with Crippen LogP contribution in [0.25, 0.3) is 31.9 Å². The van der Waals surface area contributed by atoms with Crippen molar-refractivity contribution in [2.24, 2.45) is 5.92 Å². The molecule has 2 amide bonds. The minimum atomic E-state index is -0.343. The molecule has 0 N–H and O–H groups in total. The zero-order chi connectivity index (χ0) is 32.5. The number of halogens is 2.